The summed E-state index contributed by atoms with van der Waals surface area (Å²) in [5, 5.41) is 8.93. The van der Waals surface area contributed by atoms with Crippen LogP contribution in [-0.4, -0.2) is 29.1 Å². The molecular formula is C17H25NO2. The molecule has 0 bridgehead atoms. The Labute approximate surface area is 121 Å². The fourth-order valence-corrected chi connectivity index (χ4v) is 2.75. The lowest BCUT2D eigenvalue weighted by molar-refractivity contribution is -0.147. The third kappa shape index (κ3) is 3.04. The Morgan fingerprint density at radius 1 is 1.25 bits per heavy atom. The number of carboxylic acids is 1. The highest BCUT2D eigenvalue weighted by atomic mass is 16.4. The predicted octanol–water partition coefficient (Wildman–Crippen LogP) is 3.12. The molecule has 1 aromatic carbocycles. The average Bonchev–Trinajstić information content (AvgIpc) is 2.23. The Morgan fingerprint density at radius 2 is 1.75 bits per heavy atom. The number of hydrogen-bond donors (Lipinski definition) is 1. The van der Waals surface area contributed by atoms with Crippen LogP contribution < -0.4 is 0 Å². The maximum Gasteiger partial charge on any atom is 0.309 e. The van der Waals surface area contributed by atoms with Crippen LogP contribution in [0, 0.1) is 19.8 Å². The van der Waals surface area contributed by atoms with Crippen molar-refractivity contribution in [3.8, 4) is 0 Å². The maximum atomic E-state index is 10.8. The Kier molecular flexibility index (Phi) is 3.92. The summed E-state index contributed by atoms with van der Waals surface area (Å²) >= 11 is 0. The Hall–Kier alpha value is -1.35. The van der Waals surface area contributed by atoms with Gasteiger partial charge >= 0.3 is 5.97 Å². The van der Waals surface area contributed by atoms with Gasteiger partial charge in [-0.3, -0.25) is 9.69 Å². The zero-order valence-corrected chi connectivity index (χ0v) is 13.2. The number of carbonyl (C=O) groups is 1. The van der Waals surface area contributed by atoms with Gasteiger partial charge in [-0.2, -0.15) is 0 Å². The van der Waals surface area contributed by atoms with Gasteiger partial charge in [-0.05, 0) is 41.5 Å². The highest BCUT2D eigenvalue weighted by Crippen LogP contribution is 2.29. The zero-order valence-electron chi connectivity index (χ0n) is 13.2. The van der Waals surface area contributed by atoms with Gasteiger partial charge in [-0.25, -0.2) is 0 Å². The zero-order chi connectivity index (χ0) is 15.1. The molecule has 3 nitrogen and oxygen atoms in total. The van der Waals surface area contributed by atoms with Crippen molar-refractivity contribution >= 4 is 5.97 Å². The number of likely N-dealkylation sites (tertiary alicyclic amines) is 1. The molecular weight excluding hydrogens is 250 g/mol. The fraction of sp³-hybridized carbons (Fsp3) is 0.588. The third-order valence-electron chi connectivity index (χ3n) is 4.25. The smallest absolute Gasteiger partial charge is 0.309 e. The van der Waals surface area contributed by atoms with Gasteiger partial charge in [0.05, 0.1) is 5.92 Å². The summed E-state index contributed by atoms with van der Waals surface area (Å²) in [4.78, 5) is 13.1. The highest BCUT2D eigenvalue weighted by molar-refractivity contribution is 5.71. The van der Waals surface area contributed by atoms with E-state index in [1.165, 1.54) is 22.3 Å². The molecule has 1 aromatic rings. The number of hydrogen-bond acceptors (Lipinski definition) is 2. The van der Waals surface area contributed by atoms with E-state index >= 15 is 0 Å². The van der Waals surface area contributed by atoms with E-state index in [1.807, 2.05) is 0 Å². The van der Waals surface area contributed by atoms with E-state index in [-0.39, 0.29) is 11.3 Å². The highest BCUT2D eigenvalue weighted by Gasteiger charge is 2.32. The molecule has 0 unspecified atom stereocenters. The van der Waals surface area contributed by atoms with Crippen LogP contribution in [0.3, 0.4) is 0 Å². The van der Waals surface area contributed by atoms with Gasteiger partial charge in [0.2, 0.25) is 0 Å². The SMILES string of the molecule is Cc1cc(C(C)(C)C)cc(C)c1CN1CC(C(=O)O)C1. The minimum atomic E-state index is -0.669. The third-order valence-corrected chi connectivity index (χ3v) is 4.25. The van der Waals surface area contributed by atoms with Crippen molar-refractivity contribution < 1.29 is 9.90 Å². The topological polar surface area (TPSA) is 40.5 Å². The Balaban J connectivity index is 2.12. The minimum absolute atomic E-state index is 0.166. The number of aryl methyl sites for hydroxylation is 2. The van der Waals surface area contributed by atoms with E-state index in [0.29, 0.717) is 13.1 Å². The number of nitrogens with zero attached hydrogens (tertiary/aromatic N) is 1. The van der Waals surface area contributed by atoms with Gasteiger partial charge in [0.1, 0.15) is 0 Å². The second kappa shape index (κ2) is 5.21. The first kappa shape index (κ1) is 15.0. The van der Waals surface area contributed by atoms with E-state index in [4.69, 9.17) is 5.11 Å². The summed E-state index contributed by atoms with van der Waals surface area (Å²) in [5.74, 6) is -0.845. The van der Waals surface area contributed by atoms with Crippen LogP contribution in [0.4, 0.5) is 0 Å². The van der Waals surface area contributed by atoms with Crippen molar-refractivity contribution in [2.75, 3.05) is 13.1 Å². The molecule has 0 spiro atoms. The first-order valence-corrected chi connectivity index (χ1v) is 7.24. The van der Waals surface area contributed by atoms with Crippen LogP contribution in [0.5, 0.6) is 0 Å². The normalized spacial score (nSPS) is 17.1. The van der Waals surface area contributed by atoms with E-state index in [1.54, 1.807) is 0 Å². The summed E-state index contributed by atoms with van der Waals surface area (Å²) < 4.78 is 0. The van der Waals surface area contributed by atoms with Gasteiger partial charge < -0.3 is 5.11 Å². The molecule has 0 aliphatic carbocycles. The number of benzene rings is 1. The van der Waals surface area contributed by atoms with Gasteiger partial charge in [-0.1, -0.05) is 32.9 Å². The Morgan fingerprint density at radius 3 is 2.15 bits per heavy atom. The molecule has 1 N–H and O–H groups in total. The van der Waals surface area contributed by atoms with Crippen molar-refractivity contribution in [2.24, 2.45) is 5.92 Å². The predicted molar refractivity (Wildman–Crippen MR) is 81.0 cm³/mol. The first-order valence-electron chi connectivity index (χ1n) is 7.24. The van der Waals surface area contributed by atoms with E-state index in [9.17, 15) is 4.79 Å². The second-order valence-corrected chi connectivity index (χ2v) is 7.07. The van der Waals surface area contributed by atoms with Crippen molar-refractivity contribution in [2.45, 2.75) is 46.6 Å². The summed E-state index contributed by atoms with van der Waals surface area (Å²) in [5.41, 5.74) is 5.51. The molecule has 3 heteroatoms. The van der Waals surface area contributed by atoms with Gasteiger partial charge in [0.15, 0.2) is 0 Å². The van der Waals surface area contributed by atoms with Crippen molar-refractivity contribution in [1.82, 2.24) is 4.90 Å². The molecule has 1 saturated heterocycles. The Bertz CT molecular complexity index is 499. The summed E-state index contributed by atoms with van der Waals surface area (Å²) in [6, 6.07) is 4.55. The van der Waals surface area contributed by atoms with E-state index in [2.05, 4.69) is 51.7 Å². The minimum Gasteiger partial charge on any atom is -0.481 e. The molecule has 0 aromatic heterocycles. The molecule has 0 atom stereocenters. The molecule has 0 saturated carbocycles. The van der Waals surface area contributed by atoms with Crippen LogP contribution in [0.15, 0.2) is 12.1 Å². The molecule has 1 aliphatic rings. The molecule has 1 aliphatic heterocycles. The van der Waals surface area contributed by atoms with Crippen LogP contribution in [-0.2, 0) is 16.8 Å². The van der Waals surface area contributed by atoms with E-state index < -0.39 is 5.97 Å². The molecule has 0 radical (unpaired) electrons. The lowest BCUT2D eigenvalue weighted by atomic mass is 9.83. The molecule has 0 amide bonds. The monoisotopic (exact) mass is 275 g/mol. The van der Waals surface area contributed by atoms with Crippen LogP contribution in [0.1, 0.15) is 43.0 Å². The number of aliphatic carboxylic acids is 1. The fourth-order valence-electron chi connectivity index (χ4n) is 2.75. The van der Waals surface area contributed by atoms with Crippen LogP contribution in [0.25, 0.3) is 0 Å². The molecule has 2 rings (SSSR count). The first-order chi connectivity index (χ1) is 9.18. The molecule has 110 valence electrons. The van der Waals surface area contributed by atoms with Gasteiger partial charge in [0, 0.05) is 19.6 Å². The van der Waals surface area contributed by atoms with Crippen LogP contribution >= 0.6 is 0 Å². The van der Waals surface area contributed by atoms with Crippen molar-refractivity contribution in [3.05, 3.63) is 34.4 Å². The summed E-state index contributed by atoms with van der Waals surface area (Å²) in [6.45, 7) is 13.2. The van der Waals surface area contributed by atoms with Crippen molar-refractivity contribution in [1.29, 1.82) is 0 Å². The largest absolute Gasteiger partial charge is 0.481 e. The van der Waals surface area contributed by atoms with Gasteiger partial charge in [-0.15, -0.1) is 0 Å². The van der Waals surface area contributed by atoms with Crippen molar-refractivity contribution in [3.63, 3.8) is 0 Å². The average molecular weight is 275 g/mol. The van der Waals surface area contributed by atoms with Gasteiger partial charge in [0.25, 0.3) is 0 Å². The lowest BCUT2D eigenvalue weighted by Gasteiger charge is -2.37. The number of carboxylic acid groups (broad SMARTS) is 1. The van der Waals surface area contributed by atoms with Crippen LogP contribution in [0.2, 0.25) is 0 Å². The molecule has 20 heavy (non-hydrogen) atoms. The number of rotatable bonds is 3. The molecule has 1 heterocycles. The maximum absolute atomic E-state index is 10.8. The summed E-state index contributed by atoms with van der Waals surface area (Å²) in [7, 11) is 0. The molecule has 1 fully saturated rings. The standard InChI is InChI=1S/C17H25NO2/c1-11-6-14(17(3,4)5)7-12(2)15(11)10-18-8-13(9-18)16(19)20/h6-7,13H,8-10H2,1-5H3,(H,19,20). The lowest BCUT2D eigenvalue weighted by Crippen LogP contribution is -2.49. The summed E-state index contributed by atoms with van der Waals surface area (Å²) in [6.07, 6.45) is 0. The quantitative estimate of drug-likeness (QED) is 0.921. The van der Waals surface area contributed by atoms with E-state index in [0.717, 1.165) is 6.54 Å². The second-order valence-electron chi connectivity index (χ2n) is 7.07.